The van der Waals surface area contributed by atoms with Crippen molar-refractivity contribution >= 4 is 33.0 Å². The van der Waals surface area contributed by atoms with Crippen molar-refractivity contribution in [2.24, 2.45) is 0 Å². The molecule has 0 aliphatic carbocycles. The molecular weight excluding hydrogens is 374 g/mol. The van der Waals surface area contributed by atoms with Crippen LogP contribution >= 0.6 is 0 Å². The standard InChI is InChI=1S/C25H25N3O2/c1-24(2,3)19-12-18(26-13-27-19)16-9-7-8-14-15-10-11-17-22(21(15)29-20(14)16)30-23(28-17)25(4,5)6/h7-13H,1-6H3. The van der Waals surface area contributed by atoms with Crippen LogP contribution in [0.2, 0.25) is 0 Å². The summed E-state index contributed by atoms with van der Waals surface area (Å²) in [5.74, 6) is 0.705. The Morgan fingerprint density at radius 3 is 2.23 bits per heavy atom. The molecule has 0 N–H and O–H groups in total. The van der Waals surface area contributed by atoms with E-state index in [1.165, 1.54) is 0 Å². The average Bonchev–Trinajstić information content (AvgIpc) is 3.28. The molecule has 0 fully saturated rings. The summed E-state index contributed by atoms with van der Waals surface area (Å²) in [5, 5.41) is 2.05. The first-order valence-electron chi connectivity index (χ1n) is 10.2. The van der Waals surface area contributed by atoms with Crippen molar-refractivity contribution < 1.29 is 8.83 Å². The van der Waals surface area contributed by atoms with Gasteiger partial charge in [0, 0.05) is 32.9 Å². The molecular formula is C25H25N3O2. The van der Waals surface area contributed by atoms with E-state index in [4.69, 9.17) is 8.83 Å². The Morgan fingerprint density at radius 1 is 0.733 bits per heavy atom. The molecule has 5 heteroatoms. The van der Waals surface area contributed by atoms with Gasteiger partial charge in [0.1, 0.15) is 17.4 Å². The van der Waals surface area contributed by atoms with E-state index in [1.807, 2.05) is 24.3 Å². The van der Waals surface area contributed by atoms with E-state index >= 15 is 0 Å². The van der Waals surface area contributed by atoms with Gasteiger partial charge in [-0.15, -0.1) is 0 Å². The largest absolute Gasteiger partial charge is 0.451 e. The Balaban J connectivity index is 1.79. The normalized spacial score (nSPS) is 13.0. The molecule has 5 aromatic rings. The maximum Gasteiger partial charge on any atom is 0.201 e. The number of rotatable bonds is 1. The van der Waals surface area contributed by atoms with Crippen LogP contribution in [-0.4, -0.2) is 15.0 Å². The number of oxazole rings is 1. The zero-order chi connectivity index (χ0) is 21.3. The van der Waals surface area contributed by atoms with Crippen LogP contribution in [0, 0.1) is 0 Å². The Morgan fingerprint density at radius 2 is 1.50 bits per heavy atom. The van der Waals surface area contributed by atoms with Gasteiger partial charge in [0.15, 0.2) is 11.2 Å². The van der Waals surface area contributed by atoms with Crippen molar-refractivity contribution in [3.05, 3.63) is 54.3 Å². The molecule has 30 heavy (non-hydrogen) atoms. The van der Waals surface area contributed by atoms with Crippen LogP contribution in [0.15, 0.2) is 51.6 Å². The fourth-order valence-corrected chi connectivity index (χ4v) is 3.68. The van der Waals surface area contributed by atoms with Crippen molar-refractivity contribution in [2.45, 2.75) is 52.4 Å². The third-order valence-corrected chi connectivity index (χ3v) is 5.37. The third kappa shape index (κ3) is 2.88. The maximum absolute atomic E-state index is 6.41. The number of nitrogens with zero attached hydrogens (tertiary/aromatic N) is 3. The Bertz CT molecular complexity index is 1410. The lowest BCUT2D eigenvalue weighted by Gasteiger charge is -2.17. The topological polar surface area (TPSA) is 65.0 Å². The molecule has 5 nitrogen and oxygen atoms in total. The number of aromatic nitrogens is 3. The third-order valence-electron chi connectivity index (χ3n) is 5.37. The molecule has 0 unspecified atom stereocenters. The van der Waals surface area contributed by atoms with Crippen LogP contribution in [0.1, 0.15) is 53.1 Å². The molecule has 3 aromatic heterocycles. The number of fused-ring (bicyclic) bond motifs is 5. The maximum atomic E-state index is 6.41. The van der Waals surface area contributed by atoms with Gasteiger partial charge in [-0.2, -0.15) is 0 Å². The quantitative estimate of drug-likeness (QED) is 0.311. The van der Waals surface area contributed by atoms with Crippen LogP contribution in [0.4, 0.5) is 0 Å². The van der Waals surface area contributed by atoms with Crippen molar-refractivity contribution in [1.82, 2.24) is 15.0 Å². The van der Waals surface area contributed by atoms with Crippen LogP contribution < -0.4 is 0 Å². The smallest absolute Gasteiger partial charge is 0.201 e. The fourth-order valence-electron chi connectivity index (χ4n) is 3.68. The molecule has 0 atom stereocenters. The van der Waals surface area contributed by atoms with Gasteiger partial charge in [0.05, 0.1) is 5.69 Å². The number of hydrogen-bond donors (Lipinski definition) is 0. The zero-order valence-corrected chi connectivity index (χ0v) is 18.2. The van der Waals surface area contributed by atoms with Crippen molar-refractivity contribution in [1.29, 1.82) is 0 Å². The highest BCUT2D eigenvalue weighted by molar-refractivity contribution is 6.15. The first kappa shape index (κ1) is 18.8. The second-order valence-corrected chi connectivity index (χ2v) is 9.88. The van der Waals surface area contributed by atoms with Crippen LogP contribution in [-0.2, 0) is 10.8 Å². The number of para-hydroxylation sites is 1. The van der Waals surface area contributed by atoms with Crippen molar-refractivity contribution in [3.63, 3.8) is 0 Å². The SMILES string of the molecule is CC(C)(C)c1cc(-c2cccc3c2oc2c3ccc3nc(C(C)(C)C)oc32)ncn1. The van der Waals surface area contributed by atoms with Crippen molar-refractivity contribution in [3.8, 4) is 11.3 Å². The molecule has 0 radical (unpaired) electrons. The van der Waals surface area contributed by atoms with Gasteiger partial charge in [-0.1, -0.05) is 53.7 Å². The summed E-state index contributed by atoms with van der Waals surface area (Å²) in [7, 11) is 0. The molecule has 0 spiro atoms. The highest BCUT2D eigenvalue weighted by Crippen LogP contribution is 2.39. The molecule has 0 saturated carbocycles. The van der Waals surface area contributed by atoms with E-state index in [2.05, 4.69) is 68.6 Å². The molecule has 0 saturated heterocycles. The molecule has 0 bridgehead atoms. The molecule has 152 valence electrons. The minimum atomic E-state index is -0.174. The Kier molecular flexibility index (Phi) is 3.85. The summed E-state index contributed by atoms with van der Waals surface area (Å²) in [4.78, 5) is 13.7. The van der Waals surface area contributed by atoms with E-state index in [9.17, 15) is 0 Å². The lowest BCUT2D eigenvalue weighted by molar-refractivity contribution is 0.410. The average molecular weight is 399 g/mol. The first-order chi connectivity index (χ1) is 14.1. The van der Waals surface area contributed by atoms with Gasteiger partial charge >= 0.3 is 0 Å². The molecule has 5 rings (SSSR count). The minimum Gasteiger partial charge on any atom is -0.451 e. The minimum absolute atomic E-state index is 0.0607. The van der Waals surface area contributed by atoms with Crippen molar-refractivity contribution in [2.75, 3.05) is 0 Å². The highest BCUT2D eigenvalue weighted by Gasteiger charge is 2.24. The predicted molar refractivity (Wildman–Crippen MR) is 120 cm³/mol. The lowest BCUT2D eigenvalue weighted by Crippen LogP contribution is -2.13. The van der Waals surface area contributed by atoms with Crippen LogP contribution in [0.5, 0.6) is 0 Å². The molecule has 0 aliphatic rings. The Labute approximate surface area is 175 Å². The van der Waals surface area contributed by atoms with Gasteiger partial charge in [0.25, 0.3) is 0 Å². The van der Waals surface area contributed by atoms with Crippen LogP contribution in [0.25, 0.3) is 44.3 Å². The zero-order valence-electron chi connectivity index (χ0n) is 18.2. The summed E-state index contributed by atoms with van der Waals surface area (Å²) < 4.78 is 12.6. The summed E-state index contributed by atoms with van der Waals surface area (Å²) in [6.45, 7) is 12.7. The van der Waals surface area contributed by atoms with Gasteiger partial charge in [-0.05, 0) is 24.3 Å². The van der Waals surface area contributed by atoms with E-state index in [0.717, 1.165) is 44.4 Å². The molecule has 2 aromatic carbocycles. The van der Waals surface area contributed by atoms with Gasteiger partial charge in [-0.25, -0.2) is 15.0 Å². The first-order valence-corrected chi connectivity index (χ1v) is 10.2. The fraction of sp³-hybridized carbons (Fsp3) is 0.320. The van der Waals surface area contributed by atoms with Gasteiger partial charge < -0.3 is 8.83 Å². The lowest BCUT2D eigenvalue weighted by atomic mass is 9.91. The second kappa shape index (κ2) is 6.14. The predicted octanol–water partition coefficient (Wildman–Crippen LogP) is 6.78. The summed E-state index contributed by atoms with van der Waals surface area (Å²) in [5.41, 5.74) is 5.58. The summed E-state index contributed by atoms with van der Waals surface area (Å²) in [6.07, 6.45) is 1.63. The van der Waals surface area contributed by atoms with E-state index < -0.39 is 0 Å². The summed E-state index contributed by atoms with van der Waals surface area (Å²) in [6, 6.07) is 12.3. The highest BCUT2D eigenvalue weighted by atomic mass is 16.4. The van der Waals surface area contributed by atoms with E-state index in [1.54, 1.807) is 6.33 Å². The Hall–Kier alpha value is -3.21. The van der Waals surface area contributed by atoms with Crippen LogP contribution in [0.3, 0.4) is 0 Å². The molecule has 0 amide bonds. The number of benzene rings is 2. The van der Waals surface area contributed by atoms with Gasteiger partial charge in [0.2, 0.25) is 5.89 Å². The number of furan rings is 1. The number of hydrogen-bond acceptors (Lipinski definition) is 5. The molecule has 3 heterocycles. The van der Waals surface area contributed by atoms with E-state index in [-0.39, 0.29) is 10.8 Å². The summed E-state index contributed by atoms with van der Waals surface area (Å²) >= 11 is 0. The van der Waals surface area contributed by atoms with E-state index in [0.29, 0.717) is 11.5 Å². The monoisotopic (exact) mass is 399 g/mol. The second-order valence-electron chi connectivity index (χ2n) is 9.88. The van der Waals surface area contributed by atoms with Gasteiger partial charge in [-0.3, -0.25) is 0 Å². The molecule has 0 aliphatic heterocycles.